The number of fused-ring (bicyclic) bond motifs is 1. The van der Waals surface area contributed by atoms with Gasteiger partial charge in [-0.05, 0) is 29.8 Å². The molecular weight excluding hydrogens is 253 g/mol. The van der Waals surface area contributed by atoms with Crippen LogP contribution in [0.15, 0.2) is 42.7 Å². The van der Waals surface area contributed by atoms with Crippen LogP contribution in [0.2, 0.25) is 5.02 Å². The fourth-order valence-electron chi connectivity index (χ4n) is 1.81. The first kappa shape index (κ1) is 11.2. The van der Waals surface area contributed by atoms with E-state index in [9.17, 15) is 4.39 Å². The van der Waals surface area contributed by atoms with Crippen LogP contribution in [0.3, 0.4) is 0 Å². The second-order valence-electron chi connectivity index (χ2n) is 3.97. The molecule has 2 heterocycles. The van der Waals surface area contributed by atoms with Gasteiger partial charge in [0.25, 0.3) is 0 Å². The predicted molar refractivity (Wildman–Crippen MR) is 67.2 cm³/mol. The summed E-state index contributed by atoms with van der Waals surface area (Å²) in [7, 11) is 0. The van der Waals surface area contributed by atoms with Crippen molar-refractivity contribution < 1.29 is 4.39 Å². The molecule has 0 aliphatic rings. The smallest absolute Gasteiger partial charge is 0.153 e. The van der Waals surface area contributed by atoms with Crippen molar-refractivity contribution in [2.45, 2.75) is 6.42 Å². The molecule has 18 heavy (non-hydrogen) atoms. The molecular formula is C13H9ClFN3. The van der Waals surface area contributed by atoms with Gasteiger partial charge in [-0.25, -0.2) is 13.9 Å². The standard InChI is InChI=1S/C13H9ClFN3/c14-10-2-1-9(12(15)8-10)7-11-3-4-13-16-5-6-18(13)17-11/h1-6,8H,7H2. The zero-order chi connectivity index (χ0) is 12.5. The quantitative estimate of drug-likeness (QED) is 0.710. The van der Waals surface area contributed by atoms with Crippen molar-refractivity contribution in [2.75, 3.05) is 0 Å². The SMILES string of the molecule is Fc1cc(Cl)ccc1Cc1ccc2nccn2n1. The second kappa shape index (κ2) is 4.38. The first-order valence-electron chi connectivity index (χ1n) is 5.45. The number of nitrogens with zero attached hydrogens (tertiary/aromatic N) is 3. The molecule has 5 heteroatoms. The summed E-state index contributed by atoms with van der Waals surface area (Å²) >= 11 is 5.72. The molecule has 0 unspecified atom stereocenters. The van der Waals surface area contributed by atoms with E-state index in [1.54, 1.807) is 29.0 Å². The Hall–Kier alpha value is -1.94. The van der Waals surface area contributed by atoms with Crippen LogP contribution in [-0.4, -0.2) is 14.6 Å². The summed E-state index contributed by atoms with van der Waals surface area (Å²) in [5.41, 5.74) is 2.13. The van der Waals surface area contributed by atoms with Gasteiger partial charge in [0.2, 0.25) is 0 Å². The number of benzene rings is 1. The molecule has 0 bridgehead atoms. The third-order valence-corrected chi connectivity index (χ3v) is 2.93. The summed E-state index contributed by atoms with van der Waals surface area (Å²) in [6.07, 6.45) is 3.86. The molecule has 90 valence electrons. The Morgan fingerprint density at radius 2 is 2.11 bits per heavy atom. The summed E-state index contributed by atoms with van der Waals surface area (Å²) < 4.78 is 15.3. The number of rotatable bonds is 2. The van der Waals surface area contributed by atoms with E-state index in [2.05, 4.69) is 10.1 Å². The van der Waals surface area contributed by atoms with Crippen LogP contribution in [0.25, 0.3) is 5.65 Å². The molecule has 0 radical (unpaired) electrons. The normalized spacial score (nSPS) is 11.0. The maximum atomic E-state index is 13.7. The number of imidazole rings is 1. The number of hydrogen-bond acceptors (Lipinski definition) is 2. The summed E-state index contributed by atoms with van der Waals surface area (Å²) in [6.45, 7) is 0. The van der Waals surface area contributed by atoms with Crippen LogP contribution in [0.4, 0.5) is 4.39 Å². The van der Waals surface area contributed by atoms with Crippen LogP contribution in [0.1, 0.15) is 11.3 Å². The molecule has 0 fully saturated rings. The van der Waals surface area contributed by atoms with E-state index >= 15 is 0 Å². The summed E-state index contributed by atoms with van der Waals surface area (Å²) in [4.78, 5) is 4.10. The predicted octanol–water partition coefficient (Wildman–Crippen LogP) is 3.11. The average molecular weight is 262 g/mol. The first-order valence-corrected chi connectivity index (χ1v) is 5.83. The average Bonchev–Trinajstić information content (AvgIpc) is 2.80. The van der Waals surface area contributed by atoms with Crippen LogP contribution < -0.4 is 0 Å². The molecule has 3 rings (SSSR count). The van der Waals surface area contributed by atoms with Crippen molar-refractivity contribution in [3.05, 3.63) is 64.8 Å². The Balaban J connectivity index is 1.95. The molecule has 0 spiro atoms. The van der Waals surface area contributed by atoms with Gasteiger partial charge in [-0.1, -0.05) is 17.7 Å². The lowest BCUT2D eigenvalue weighted by Gasteiger charge is -2.04. The van der Waals surface area contributed by atoms with E-state index in [0.29, 0.717) is 17.0 Å². The van der Waals surface area contributed by atoms with Gasteiger partial charge in [-0.2, -0.15) is 5.10 Å². The zero-order valence-corrected chi connectivity index (χ0v) is 10.1. The van der Waals surface area contributed by atoms with Gasteiger partial charge in [0.1, 0.15) is 5.82 Å². The van der Waals surface area contributed by atoms with E-state index in [-0.39, 0.29) is 5.82 Å². The Morgan fingerprint density at radius 1 is 1.22 bits per heavy atom. The van der Waals surface area contributed by atoms with Gasteiger partial charge in [-0.15, -0.1) is 0 Å². The van der Waals surface area contributed by atoms with Gasteiger partial charge in [0.05, 0.1) is 5.69 Å². The lowest BCUT2D eigenvalue weighted by Crippen LogP contribution is -1.99. The highest BCUT2D eigenvalue weighted by atomic mass is 35.5. The van der Waals surface area contributed by atoms with Crippen molar-refractivity contribution >= 4 is 17.2 Å². The fraction of sp³-hybridized carbons (Fsp3) is 0.0769. The molecule has 0 amide bonds. The van der Waals surface area contributed by atoms with E-state index in [1.807, 2.05) is 12.1 Å². The molecule has 3 nitrogen and oxygen atoms in total. The van der Waals surface area contributed by atoms with Gasteiger partial charge in [0.15, 0.2) is 5.65 Å². The third kappa shape index (κ3) is 2.07. The minimum atomic E-state index is -0.310. The highest BCUT2D eigenvalue weighted by molar-refractivity contribution is 6.30. The monoisotopic (exact) mass is 261 g/mol. The minimum absolute atomic E-state index is 0.310. The largest absolute Gasteiger partial charge is 0.236 e. The first-order chi connectivity index (χ1) is 8.72. The molecule has 3 aromatic rings. The molecule has 0 N–H and O–H groups in total. The van der Waals surface area contributed by atoms with Crippen molar-refractivity contribution in [3.63, 3.8) is 0 Å². The van der Waals surface area contributed by atoms with Crippen LogP contribution >= 0.6 is 11.6 Å². The van der Waals surface area contributed by atoms with E-state index < -0.39 is 0 Å². The third-order valence-electron chi connectivity index (χ3n) is 2.70. The lowest BCUT2D eigenvalue weighted by molar-refractivity contribution is 0.612. The number of halogens is 2. The topological polar surface area (TPSA) is 30.2 Å². The van der Waals surface area contributed by atoms with Gasteiger partial charge >= 0.3 is 0 Å². The minimum Gasteiger partial charge on any atom is -0.236 e. The maximum Gasteiger partial charge on any atom is 0.153 e. The maximum absolute atomic E-state index is 13.7. The van der Waals surface area contributed by atoms with Crippen molar-refractivity contribution in [1.82, 2.24) is 14.6 Å². The Bertz CT molecular complexity index is 708. The number of aromatic nitrogens is 3. The summed E-state index contributed by atoms with van der Waals surface area (Å²) in [5.74, 6) is -0.310. The molecule has 0 atom stereocenters. The number of hydrogen-bond donors (Lipinski definition) is 0. The van der Waals surface area contributed by atoms with Gasteiger partial charge in [0, 0.05) is 23.8 Å². The van der Waals surface area contributed by atoms with Crippen molar-refractivity contribution in [1.29, 1.82) is 0 Å². The molecule has 1 aromatic carbocycles. The van der Waals surface area contributed by atoms with Crippen LogP contribution in [0, 0.1) is 5.82 Å². The highest BCUT2D eigenvalue weighted by Crippen LogP contribution is 2.17. The van der Waals surface area contributed by atoms with Crippen molar-refractivity contribution in [3.8, 4) is 0 Å². The fourth-order valence-corrected chi connectivity index (χ4v) is 1.97. The van der Waals surface area contributed by atoms with E-state index in [4.69, 9.17) is 11.6 Å². The van der Waals surface area contributed by atoms with Crippen LogP contribution in [-0.2, 0) is 6.42 Å². The highest BCUT2D eigenvalue weighted by Gasteiger charge is 2.06. The molecule has 0 saturated heterocycles. The van der Waals surface area contributed by atoms with E-state index in [0.717, 1.165) is 11.3 Å². The Kier molecular flexibility index (Phi) is 2.72. The zero-order valence-electron chi connectivity index (χ0n) is 9.35. The summed E-state index contributed by atoms with van der Waals surface area (Å²) in [5, 5.41) is 4.75. The van der Waals surface area contributed by atoms with Crippen molar-refractivity contribution in [2.24, 2.45) is 0 Å². The van der Waals surface area contributed by atoms with Gasteiger partial charge < -0.3 is 0 Å². The molecule has 0 aliphatic carbocycles. The molecule has 0 aliphatic heterocycles. The second-order valence-corrected chi connectivity index (χ2v) is 4.40. The van der Waals surface area contributed by atoms with E-state index in [1.165, 1.54) is 6.07 Å². The Labute approximate surface area is 108 Å². The summed E-state index contributed by atoms with van der Waals surface area (Å²) in [6, 6.07) is 8.37. The lowest BCUT2D eigenvalue weighted by atomic mass is 10.1. The van der Waals surface area contributed by atoms with Gasteiger partial charge in [-0.3, -0.25) is 0 Å². The molecule has 2 aromatic heterocycles. The van der Waals surface area contributed by atoms with Crippen LogP contribution in [0.5, 0.6) is 0 Å². The molecule has 0 saturated carbocycles. The Morgan fingerprint density at radius 3 is 2.94 bits per heavy atom.